The number of sulfonamides is 1. The van der Waals surface area contributed by atoms with Crippen molar-refractivity contribution in [3.8, 4) is 0 Å². The number of hydrogen-bond donors (Lipinski definition) is 1. The van der Waals surface area contributed by atoms with Crippen LogP contribution in [-0.4, -0.2) is 49.8 Å². The van der Waals surface area contributed by atoms with Crippen LogP contribution in [-0.2, 0) is 14.8 Å². The molecule has 1 saturated heterocycles. The highest BCUT2D eigenvalue weighted by Gasteiger charge is 2.26. The number of benzene rings is 1. The predicted octanol–water partition coefficient (Wildman–Crippen LogP) is 2.67. The van der Waals surface area contributed by atoms with Crippen molar-refractivity contribution in [1.29, 1.82) is 0 Å². The van der Waals surface area contributed by atoms with Crippen LogP contribution in [0, 0.1) is 6.92 Å². The highest BCUT2D eigenvalue weighted by molar-refractivity contribution is 7.89. The van der Waals surface area contributed by atoms with Crippen molar-refractivity contribution in [1.82, 2.24) is 9.29 Å². The van der Waals surface area contributed by atoms with Crippen LogP contribution in [0.2, 0.25) is 0 Å². The predicted molar refractivity (Wildman–Crippen MR) is 105 cm³/mol. The maximum Gasteiger partial charge on any atom is 0.350 e. The van der Waals surface area contributed by atoms with Crippen molar-refractivity contribution >= 4 is 38.4 Å². The monoisotopic (exact) mass is 423 g/mol. The van der Waals surface area contributed by atoms with Gasteiger partial charge in [0, 0.05) is 18.7 Å². The summed E-state index contributed by atoms with van der Waals surface area (Å²) >= 11 is 1.00. The fourth-order valence-electron chi connectivity index (χ4n) is 2.95. The van der Waals surface area contributed by atoms with Crippen molar-refractivity contribution in [2.24, 2.45) is 0 Å². The van der Waals surface area contributed by atoms with Crippen LogP contribution in [0.15, 0.2) is 29.2 Å². The number of amides is 1. The van der Waals surface area contributed by atoms with Gasteiger partial charge in [-0.3, -0.25) is 10.1 Å². The van der Waals surface area contributed by atoms with Crippen LogP contribution in [0.1, 0.15) is 45.0 Å². The van der Waals surface area contributed by atoms with Crippen LogP contribution >= 0.6 is 11.3 Å². The molecular weight excluding hydrogens is 402 g/mol. The number of hydrogen-bond acceptors (Lipinski definition) is 7. The van der Waals surface area contributed by atoms with Crippen LogP contribution in [0.5, 0.6) is 0 Å². The molecule has 0 atom stereocenters. The third kappa shape index (κ3) is 4.23. The normalized spacial score (nSPS) is 15.2. The highest BCUT2D eigenvalue weighted by Crippen LogP contribution is 2.25. The first-order chi connectivity index (χ1) is 13.3. The van der Waals surface area contributed by atoms with Gasteiger partial charge in [-0.25, -0.2) is 18.2 Å². The second kappa shape index (κ2) is 8.38. The standard InChI is InChI=1S/C18H21N3O5S2/c1-12-15(17(23)26-2)27-18(19-12)20-16(22)13-7-6-8-14(11-13)28(24,25)21-9-4-3-5-10-21/h6-8,11H,3-5,9-10H2,1-2H3,(H,19,20,22). The van der Waals surface area contributed by atoms with E-state index in [1.807, 2.05) is 0 Å². The molecule has 0 radical (unpaired) electrons. The van der Waals surface area contributed by atoms with E-state index in [0.29, 0.717) is 23.7 Å². The number of carbonyl (C=O) groups is 2. The Morgan fingerprint density at radius 3 is 2.61 bits per heavy atom. The molecule has 0 spiro atoms. The fourth-order valence-corrected chi connectivity index (χ4v) is 5.40. The Balaban J connectivity index is 1.80. The smallest absolute Gasteiger partial charge is 0.350 e. The highest BCUT2D eigenvalue weighted by atomic mass is 32.2. The lowest BCUT2D eigenvalue weighted by atomic mass is 10.2. The Morgan fingerprint density at radius 2 is 1.93 bits per heavy atom. The van der Waals surface area contributed by atoms with E-state index in [2.05, 4.69) is 15.0 Å². The first kappa shape index (κ1) is 20.4. The number of nitrogens with one attached hydrogen (secondary N) is 1. The van der Waals surface area contributed by atoms with Crippen LogP contribution < -0.4 is 5.32 Å². The minimum atomic E-state index is -3.63. The van der Waals surface area contributed by atoms with E-state index >= 15 is 0 Å². The molecule has 0 bridgehead atoms. The summed E-state index contributed by atoms with van der Waals surface area (Å²) < 4.78 is 31.8. The minimum Gasteiger partial charge on any atom is -0.465 e. The van der Waals surface area contributed by atoms with Crippen LogP contribution in [0.4, 0.5) is 5.13 Å². The van der Waals surface area contributed by atoms with Gasteiger partial charge in [0.2, 0.25) is 10.0 Å². The summed E-state index contributed by atoms with van der Waals surface area (Å²) in [6.45, 7) is 2.63. The van der Waals surface area contributed by atoms with Crippen molar-refractivity contribution in [3.05, 3.63) is 40.4 Å². The molecule has 0 aliphatic carbocycles. The van der Waals surface area contributed by atoms with E-state index in [-0.39, 0.29) is 15.6 Å². The zero-order valence-corrected chi connectivity index (χ0v) is 17.2. The van der Waals surface area contributed by atoms with Crippen LogP contribution in [0.25, 0.3) is 0 Å². The zero-order chi connectivity index (χ0) is 20.3. The second-order valence-corrected chi connectivity index (χ2v) is 9.31. The molecule has 28 heavy (non-hydrogen) atoms. The topological polar surface area (TPSA) is 106 Å². The fraction of sp³-hybridized carbons (Fsp3) is 0.389. The van der Waals surface area contributed by atoms with Gasteiger partial charge in [-0.15, -0.1) is 0 Å². The Kier molecular flexibility index (Phi) is 6.11. The summed E-state index contributed by atoms with van der Waals surface area (Å²) in [5.74, 6) is -1.02. The molecule has 1 amide bonds. The molecule has 1 N–H and O–H groups in total. The number of aromatic nitrogens is 1. The second-order valence-electron chi connectivity index (χ2n) is 6.37. The van der Waals surface area contributed by atoms with Crippen molar-refractivity contribution < 1.29 is 22.7 Å². The first-order valence-electron chi connectivity index (χ1n) is 8.80. The van der Waals surface area contributed by atoms with Gasteiger partial charge in [0.1, 0.15) is 4.88 Å². The van der Waals surface area contributed by atoms with Crippen molar-refractivity contribution in [3.63, 3.8) is 0 Å². The van der Waals surface area contributed by atoms with Gasteiger partial charge in [0.25, 0.3) is 5.91 Å². The molecule has 8 nitrogen and oxygen atoms in total. The van der Waals surface area contributed by atoms with E-state index in [1.165, 1.54) is 29.6 Å². The van der Waals surface area contributed by atoms with E-state index < -0.39 is 21.9 Å². The Labute approximate surface area is 167 Å². The van der Waals surface area contributed by atoms with E-state index in [4.69, 9.17) is 0 Å². The third-order valence-corrected chi connectivity index (χ3v) is 7.38. The lowest BCUT2D eigenvalue weighted by molar-refractivity contribution is 0.0605. The van der Waals surface area contributed by atoms with Crippen molar-refractivity contribution in [2.75, 3.05) is 25.5 Å². The number of methoxy groups -OCH3 is 1. The molecule has 1 fully saturated rings. The zero-order valence-electron chi connectivity index (χ0n) is 15.6. The largest absolute Gasteiger partial charge is 0.465 e. The number of thiazole rings is 1. The third-order valence-electron chi connectivity index (χ3n) is 4.44. The molecule has 2 aromatic rings. The van der Waals surface area contributed by atoms with Crippen molar-refractivity contribution in [2.45, 2.75) is 31.1 Å². The molecule has 1 aromatic carbocycles. The Bertz CT molecular complexity index is 994. The molecule has 1 aliphatic heterocycles. The Hall–Kier alpha value is -2.30. The molecule has 10 heteroatoms. The number of ether oxygens (including phenoxy) is 1. The average molecular weight is 424 g/mol. The molecular formula is C18H21N3O5S2. The van der Waals surface area contributed by atoms with Gasteiger partial charge in [-0.1, -0.05) is 23.8 Å². The maximum atomic E-state index is 12.8. The van der Waals surface area contributed by atoms with Gasteiger partial charge in [0.15, 0.2) is 5.13 Å². The quantitative estimate of drug-likeness (QED) is 0.741. The van der Waals surface area contributed by atoms with Gasteiger partial charge in [-0.2, -0.15) is 4.31 Å². The summed E-state index contributed by atoms with van der Waals surface area (Å²) in [5.41, 5.74) is 0.652. The number of carbonyl (C=O) groups excluding carboxylic acids is 2. The number of nitrogens with zero attached hydrogens (tertiary/aromatic N) is 2. The number of esters is 1. The van der Waals surface area contributed by atoms with Gasteiger partial charge in [0.05, 0.1) is 17.7 Å². The summed E-state index contributed by atoms with van der Waals surface area (Å²) in [5, 5.41) is 2.85. The number of aryl methyl sites for hydroxylation is 1. The summed E-state index contributed by atoms with van der Waals surface area (Å²) in [6.07, 6.45) is 2.70. The molecule has 1 aliphatic rings. The summed E-state index contributed by atoms with van der Waals surface area (Å²) in [6, 6.07) is 5.93. The van der Waals surface area contributed by atoms with Gasteiger partial charge >= 0.3 is 5.97 Å². The summed E-state index contributed by atoms with van der Waals surface area (Å²) in [7, 11) is -2.36. The van der Waals surface area contributed by atoms with E-state index in [1.54, 1.807) is 13.0 Å². The lowest BCUT2D eigenvalue weighted by Crippen LogP contribution is -2.35. The molecule has 3 rings (SSSR count). The maximum absolute atomic E-state index is 12.8. The average Bonchev–Trinajstić information content (AvgIpc) is 3.08. The molecule has 1 aromatic heterocycles. The number of anilines is 1. The molecule has 0 saturated carbocycles. The number of piperidine rings is 1. The van der Waals surface area contributed by atoms with Gasteiger partial charge in [-0.05, 0) is 38.0 Å². The summed E-state index contributed by atoms with van der Waals surface area (Å²) in [4.78, 5) is 28.8. The molecule has 150 valence electrons. The minimum absolute atomic E-state index is 0.0904. The van der Waals surface area contributed by atoms with E-state index in [9.17, 15) is 18.0 Å². The van der Waals surface area contributed by atoms with E-state index in [0.717, 1.165) is 30.6 Å². The number of rotatable bonds is 5. The van der Waals surface area contributed by atoms with Gasteiger partial charge < -0.3 is 4.74 Å². The lowest BCUT2D eigenvalue weighted by Gasteiger charge is -2.26. The molecule has 0 unspecified atom stereocenters. The van der Waals surface area contributed by atoms with Crippen LogP contribution in [0.3, 0.4) is 0 Å². The Morgan fingerprint density at radius 1 is 1.21 bits per heavy atom. The first-order valence-corrected chi connectivity index (χ1v) is 11.1. The molecule has 2 heterocycles. The SMILES string of the molecule is COC(=O)c1sc(NC(=O)c2cccc(S(=O)(=O)N3CCCCC3)c2)nc1C.